The first-order valence-corrected chi connectivity index (χ1v) is 10.7. The van der Waals surface area contributed by atoms with E-state index in [2.05, 4.69) is 20.2 Å². The van der Waals surface area contributed by atoms with E-state index in [0.29, 0.717) is 37.6 Å². The third-order valence-electron chi connectivity index (χ3n) is 5.51. The van der Waals surface area contributed by atoms with Crippen LogP contribution in [0.1, 0.15) is 12.6 Å². The molecule has 0 spiro atoms. The minimum Gasteiger partial charge on any atom is -0.447 e. The van der Waals surface area contributed by atoms with Gasteiger partial charge in [-0.15, -0.1) is 0 Å². The number of halogens is 2. The lowest BCUT2D eigenvalue weighted by atomic mass is 10.2. The van der Waals surface area contributed by atoms with Crippen LogP contribution in [0.4, 0.5) is 26.4 Å². The molecule has 2 aliphatic rings. The normalized spacial score (nSPS) is 18.7. The van der Waals surface area contributed by atoms with Gasteiger partial charge in [-0.1, -0.05) is 0 Å². The van der Waals surface area contributed by atoms with Crippen molar-refractivity contribution in [3.63, 3.8) is 0 Å². The summed E-state index contributed by atoms with van der Waals surface area (Å²) in [4.78, 5) is 37.2. The number of nitrogens with zero attached hydrogens (tertiary/aromatic N) is 5. The zero-order valence-corrected chi connectivity index (χ0v) is 18.6. The highest BCUT2D eigenvalue weighted by atomic mass is 35.5. The third kappa shape index (κ3) is 4.69. The molecule has 1 aromatic heterocycles. The van der Waals surface area contributed by atoms with Crippen molar-refractivity contribution in [2.75, 3.05) is 54.0 Å². The summed E-state index contributed by atoms with van der Waals surface area (Å²) in [5.41, 5.74) is 1.66. The van der Waals surface area contributed by atoms with Crippen LogP contribution in [0.25, 0.3) is 0 Å². The van der Waals surface area contributed by atoms with Crippen molar-refractivity contribution in [1.29, 1.82) is 0 Å². The molecule has 1 atom stereocenters. The van der Waals surface area contributed by atoms with Gasteiger partial charge in [-0.05, 0) is 36.7 Å². The number of carbonyl (C=O) groups is 2. The van der Waals surface area contributed by atoms with Crippen molar-refractivity contribution < 1.29 is 18.7 Å². The van der Waals surface area contributed by atoms with Gasteiger partial charge in [-0.25, -0.2) is 19.2 Å². The summed E-state index contributed by atoms with van der Waals surface area (Å²) in [7, 11) is 0. The van der Waals surface area contributed by atoms with E-state index >= 15 is 4.39 Å². The molecule has 32 heavy (non-hydrogen) atoms. The Hall–Kier alpha value is -3.14. The van der Waals surface area contributed by atoms with E-state index < -0.39 is 11.9 Å². The van der Waals surface area contributed by atoms with Gasteiger partial charge in [0.25, 0.3) is 0 Å². The molecule has 1 N–H and O–H groups in total. The number of hydrogen-bond acceptors (Lipinski definition) is 7. The predicted molar refractivity (Wildman–Crippen MR) is 119 cm³/mol. The van der Waals surface area contributed by atoms with Gasteiger partial charge in [0.05, 0.1) is 17.4 Å². The number of ether oxygens (including phenoxy) is 1. The standard InChI is InChI=1S/C21H24ClFN6O3/c1-13-9-19(26-20(22)25-13)28-7-5-27(6-8-28)18-4-3-15(10-17(18)23)29-16(11-24-14(2)30)12-32-21(29)31/h3-4,9-10,16H,5-8,11-12H2,1-2H3,(H,24,30). The number of benzene rings is 1. The monoisotopic (exact) mass is 462 g/mol. The molecule has 0 saturated carbocycles. The number of aromatic nitrogens is 2. The van der Waals surface area contributed by atoms with Gasteiger partial charge >= 0.3 is 6.09 Å². The number of amides is 2. The Labute approximate surface area is 190 Å². The molecule has 11 heteroatoms. The van der Waals surface area contributed by atoms with Crippen molar-refractivity contribution in [2.24, 2.45) is 0 Å². The van der Waals surface area contributed by atoms with Gasteiger partial charge in [0, 0.05) is 51.4 Å². The highest BCUT2D eigenvalue weighted by Crippen LogP contribution is 2.30. The summed E-state index contributed by atoms with van der Waals surface area (Å²) < 4.78 is 20.1. The van der Waals surface area contributed by atoms with Crippen molar-refractivity contribution in [2.45, 2.75) is 19.9 Å². The molecule has 9 nitrogen and oxygen atoms in total. The predicted octanol–water partition coefficient (Wildman–Crippen LogP) is 2.37. The van der Waals surface area contributed by atoms with Crippen LogP contribution in [0.3, 0.4) is 0 Å². The molecular weight excluding hydrogens is 439 g/mol. The molecular formula is C21H24ClFN6O3. The summed E-state index contributed by atoms with van der Waals surface area (Å²) >= 11 is 5.97. The second kappa shape index (κ2) is 9.15. The van der Waals surface area contributed by atoms with Crippen LogP contribution in [0.15, 0.2) is 24.3 Å². The first kappa shape index (κ1) is 22.1. The zero-order chi connectivity index (χ0) is 22.8. The molecule has 0 radical (unpaired) electrons. The average molecular weight is 463 g/mol. The van der Waals surface area contributed by atoms with Gasteiger partial charge < -0.3 is 19.9 Å². The SMILES string of the molecule is CC(=O)NCC1COC(=O)N1c1ccc(N2CCN(c3cc(C)nc(Cl)n3)CC2)c(F)c1. The fourth-order valence-corrected chi connectivity index (χ4v) is 4.17. The Morgan fingerprint density at radius 1 is 1.22 bits per heavy atom. The van der Waals surface area contributed by atoms with E-state index in [4.69, 9.17) is 16.3 Å². The van der Waals surface area contributed by atoms with E-state index in [-0.39, 0.29) is 30.4 Å². The fourth-order valence-electron chi connectivity index (χ4n) is 3.95. The molecule has 4 rings (SSSR count). The molecule has 2 saturated heterocycles. The zero-order valence-electron chi connectivity index (χ0n) is 17.8. The first-order chi connectivity index (χ1) is 15.3. The molecule has 2 aromatic rings. The van der Waals surface area contributed by atoms with Crippen molar-refractivity contribution in [1.82, 2.24) is 15.3 Å². The minimum absolute atomic E-state index is 0.136. The Kier molecular flexibility index (Phi) is 6.31. The topological polar surface area (TPSA) is 90.9 Å². The molecule has 170 valence electrons. The lowest BCUT2D eigenvalue weighted by Gasteiger charge is -2.37. The van der Waals surface area contributed by atoms with E-state index in [1.54, 1.807) is 12.1 Å². The van der Waals surface area contributed by atoms with Crippen LogP contribution >= 0.6 is 11.6 Å². The van der Waals surface area contributed by atoms with E-state index in [0.717, 1.165) is 11.5 Å². The van der Waals surface area contributed by atoms with Crippen molar-refractivity contribution in [3.05, 3.63) is 41.1 Å². The van der Waals surface area contributed by atoms with Crippen molar-refractivity contribution >= 4 is 40.8 Å². The van der Waals surface area contributed by atoms with Gasteiger partial charge in [0.1, 0.15) is 18.2 Å². The van der Waals surface area contributed by atoms with Gasteiger partial charge in [-0.2, -0.15) is 0 Å². The van der Waals surface area contributed by atoms with Crippen LogP contribution < -0.4 is 20.0 Å². The Balaban J connectivity index is 1.44. The number of anilines is 3. The molecule has 2 aliphatic heterocycles. The molecule has 2 amide bonds. The lowest BCUT2D eigenvalue weighted by molar-refractivity contribution is -0.119. The highest BCUT2D eigenvalue weighted by molar-refractivity contribution is 6.28. The maximum atomic E-state index is 15.0. The highest BCUT2D eigenvalue weighted by Gasteiger charge is 2.35. The molecule has 3 heterocycles. The second-order valence-corrected chi connectivity index (χ2v) is 8.12. The van der Waals surface area contributed by atoms with Crippen LogP contribution in [-0.2, 0) is 9.53 Å². The number of aryl methyl sites for hydroxylation is 1. The van der Waals surface area contributed by atoms with Crippen molar-refractivity contribution in [3.8, 4) is 0 Å². The quantitative estimate of drug-likeness (QED) is 0.682. The number of hydrogen-bond donors (Lipinski definition) is 1. The average Bonchev–Trinajstić information content (AvgIpc) is 3.12. The molecule has 1 unspecified atom stereocenters. The number of piperazine rings is 1. The summed E-state index contributed by atoms with van der Waals surface area (Å²) in [6.07, 6.45) is -0.556. The number of carbonyl (C=O) groups excluding carboxylic acids is 2. The van der Waals surface area contributed by atoms with E-state index in [9.17, 15) is 9.59 Å². The fraction of sp³-hybridized carbons (Fsp3) is 0.429. The van der Waals surface area contributed by atoms with Crippen LogP contribution in [0.5, 0.6) is 0 Å². The molecule has 0 bridgehead atoms. The van der Waals surface area contributed by atoms with E-state index in [1.165, 1.54) is 17.9 Å². The van der Waals surface area contributed by atoms with Gasteiger partial charge in [0.15, 0.2) is 0 Å². The summed E-state index contributed by atoms with van der Waals surface area (Å²) in [5.74, 6) is 0.134. The number of rotatable bonds is 5. The summed E-state index contributed by atoms with van der Waals surface area (Å²) in [6.45, 7) is 6.16. The summed E-state index contributed by atoms with van der Waals surface area (Å²) in [6, 6.07) is 6.20. The van der Waals surface area contributed by atoms with Crippen LogP contribution in [0.2, 0.25) is 5.28 Å². The molecule has 1 aromatic carbocycles. The number of nitrogens with one attached hydrogen (secondary N) is 1. The summed E-state index contributed by atoms with van der Waals surface area (Å²) in [5, 5.41) is 2.88. The molecule has 0 aliphatic carbocycles. The third-order valence-corrected chi connectivity index (χ3v) is 5.68. The van der Waals surface area contributed by atoms with Crippen LogP contribution in [-0.4, -0.2) is 67.3 Å². The Morgan fingerprint density at radius 2 is 1.94 bits per heavy atom. The maximum Gasteiger partial charge on any atom is 0.414 e. The van der Waals surface area contributed by atoms with Gasteiger partial charge in [0.2, 0.25) is 11.2 Å². The largest absolute Gasteiger partial charge is 0.447 e. The van der Waals surface area contributed by atoms with E-state index in [1.807, 2.05) is 17.9 Å². The maximum absolute atomic E-state index is 15.0. The number of cyclic esters (lactones) is 1. The Bertz CT molecular complexity index is 1010. The van der Waals surface area contributed by atoms with Gasteiger partial charge in [-0.3, -0.25) is 9.69 Å². The Morgan fingerprint density at radius 3 is 2.59 bits per heavy atom. The molecule has 2 fully saturated rings. The smallest absolute Gasteiger partial charge is 0.414 e. The van der Waals surface area contributed by atoms with Crippen LogP contribution in [0, 0.1) is 12.7 Å². The lowest BCUT2D eigenvalue weighted by Crippen LogP contribution is -2.47. The first-order valence-electron chi connectivity index (χ1n) is 10.3. The second-order valence-electron chi connectivity index (χ2n) is 7.78. The minimum atomic E-state index is -0.556.